The van der Waals surface area contributed by atoms with Gasteiger partial charge in [-0.15, -0.1) is 24.0 Å². The van der Waals surface area contributed by atoms with Gasteiger partial charge in [0.2, 0.25) is 10.0 Å². The molecule has 0 radical (unpaired) electrons. The molecule has 1 aliphatic heterocycles. The minimum absolute atomic E-state index is 0. The average molecular weight is 532 g/mol. The van der Waals surface area contributed by atoms with Gasteiger partial charge in [-0.2, -0.15) is 0 Å². The molecule has 1 saturated heterocycles. The molecule has 0 bridgehead atoms. The van der Waals surface area contributed by atoms with Crippen LogP contribution in [0.2, 0.25) is 0 Å². The fourth-order valence-corrected chi connectivity index (χ4v) is 4.61. The van der Waals surface area contributed by atoms with Crippen molar-refractivity contribution in [1.29, 1.82) is 0 Å². The molecule has 0 unspecified atom stereocenters. The maximum atomic E-state index is 11.4. The summed E-state index contributed by atoms with van der Waals surface area (Å²) in [5.41, 5.74) is 0.191. The molecular formula is C18H38IN5O3S. The van der Waals surface area contributed by atoms with Gasteiger partial charge in [-0.3, -0.25) is 9.89 Å². The number of ether oxygens (including phenoxy) is 1. The van der Waals surface area contributed by atoms with E-state index in [2.05, 4.69) is 25.2 Å². The number of rotatable bonds is 9. The fraction of sp³-hybridized carbons (Fsp3) is 0.944. The van der Waals surface area contributed by atoms with Crippen LogP contribution in [0.1, 0.15) is 45.4 Å². The number of sulfonamides is 1. The maximum Gasteiger partial charge on any atom is 0.211 e. The van der Waals surface area contributed by atoms with Gasteiger partial charge >= 0.3 is 0 Å². The fourth-order valence-electron chi connectivity index (χ4n) is 3.95. The van der Waals surface area contributed by atoms with Crippen molar-refractivity contribution in [3.63, 3.8) is 0 Å². The third kappa shape index (κ3) is 8.29. The van der Waals surface area contributed by atoms with Gasteiger partial charge in [0, 0.05) is 45.3 Å². The summed E-state index contributed by atoms with van der Waals surface area (Å²) < 4.78 is 31.0. The van der Waals surface area contributed by atoms with E-state index in [0.717, 1.165) is 38.8 Å². The van der Waals surface area contributed by atoms with Crippen LogP contribution in [0.5, 0.6) is 0 Å². The summed E-state index contributed by atoms with van der Waals surface area (Å²) >= 11 is 0. The number of nitrogens with one attached hydrogen (secondary N) is 3. The van der Waals surface area contributed by atoms with Crippen LogP contribution in [0.3, 0.4) is 0 Å². The zero-order valence-electron chi connectivity index (χ0n) is 17.3. The van der Waals surface area contributed by atoms with Gasteiger partial charge < -0.3 is 15.4 Å². The quantitative estimate of drug-likeness (QED) is 0.179. The molecule has 28 heavy (non-hydrogen) atoms. The first-order valence-electron chi connectivity index (χ1n) is 10.3. The van der Waals surface area contributed by atoms with Crippen LogP contribution in [-0.4, -0.2) is 83.6 Å². The zero-order valence-corrected chi connectivity index (χ0v) is 20.5. The number of halogens is 1. The van der Waals surface area contributed by atoms with Crippen molar-refractivity contribution < 1.29 is 13.2 Å². The van der Waals surface area contributed by atoms with Crippen molar-refractivity contribution >= 4 is 40.0 Å². The van der Waals surface area contributed by atoms with Crippen LogP contribution in [0.15, 0.2) is 4.99 Å². The molecule has 0 aromatic rings. The van der Waals surface area contributed by atoms with Crippen LogP contribution < -0.4 is 15.4 Å². The molecule has 10 heteroatoms. The molecule has 0 aromatic heterocycles. The van der Waals surface area contributed by atoms with Gasteiger partial charge in [0.05, 0.1) is 19.0 Å². The second-order valence-corrected chi connectivity index (χ2v) is 9.48. The minimum Gasteiger partial charge on any atom is -0.379 e. The Morgan fingerprint density at radius 2 is 1.79 bits per heavy atom. The second kappa shape index (κ2) is 13.2. The lowest BCUT2D eigenvalue weighted by Crippen LogP contribution is -2.60. The Kier molecular flexibility index (Phi) is 12.2. The Labute approximate surface area is 187 Å². The first-order valence-corrected chi connectivity index (χ1v) is 11.9. The maximum absolute atomic E-state index is 11.4. The van der Waals surface area contributed by atoms with Crippen LogP contribution >= 0.6 is 24.0 Å². The van der Waals surface area contributed by atoms with Gasteiger partial charge in [-0.1, -0.05) is 19.3 Å². The molecule has 1 saturated carbocycles. The highest BCUT2D eigenvalue weighted by atomic mass is 127. The summed E-state index contributed by atoms with van der Waals surface area (Å²) in [6, 6.07) is 0. The van der Waals surface area contributed by atoms with Crippen LogP contribution in [0.25, 0.3) is 0 Å². The average Bonchev–Trinajstić information content (AvgIpc) is 2.71. The van der Waals surface area contributed by atoms with Crippen molar-refractivity contribution in [1.82, 2.24) is 20.3 Å². The van der Waals surface area contributed by atoms with Crippen molar-refractivity contribution in [3.05, 3.63) is 0 Å². The van der Waals surface area contributed by atoms with Gasteiger partial charge in [0.1, 0.15) is 0 Å². The highest BCUT2D eigenvalue weighted by Gasteiger charge is 2.38. The minimum atomic E-state index is -3.11. The second-order valence-electron chi connectivity index (χ2n) is 7.39. The van der Waals surface area contributed by atoms with Crippen molar-refractivity contribution in [2.75, 3.05) is 58.7 Å². The Morgan fingerprint density at radius 3 is 2.39 bits per heavy atom. The lowest BCUT2D eigenvalue weighted by atomic mass is 9.80. The summed E-state index contributed by atoms with van der Waals surface area (Å²) in [6.45, 7) is 7.30. The third-order valence-corrected chi connectivity index (χ3v) is 7.03. The van der Waals surface area contributed by atoms with Gasteiger partial charge in [-0.25, -0.2) is 13.1 Å². The van der Waals surface area contributed by atoms with Gasteiger partial charge in [-0.05, 0) is 26.2 Å². The Balaban J connectivity index is 0.00000392. The van der Waals surface area contributed by atoms with Crippen molar-refractivity contribution in [2.45, 2.75) is 51.0 Å². The van der Waals surface area contributed by atoms with E-state index in [1.54, 1.807) is 14.0 Å². The van der Waals surface area contributed by atoms with Crippen LogP contribution in [0.4, 0.5) is 0 Å². The van der Waals surface area contributed by atoms with Crippen molar-refractivity contribution in [2.24, 2.45) is 4.99 Å². The van der Waals surface area contributed by atoms with E-state index >= 15 is 0 Å². The summed E-state index contributed by atoms with van der Waals surface area (Å²) in [5, 5.41) is 6.81. The molecule has 0 atom stereocenters. The third-order valence-electron chi connectivity index (χ3n) is 5.62. The molecule has 0 aromatic carbocycles. The SMILES string of the molecule is CCS(=O)(=O)NCCCNC(=NC)NCC1(N2CCOCC2)CCCCC1.I. The number of hydrogen-bond acceptors (Lipinski definition) is 5. The van der Waals surface area contributed by atoms with E-state index in [1.165, 1.54) is 32.1 Å². The van der Waals surface area contributed by atoms with E-state index in [-0.39, 0.29) is 35.3 Å². The summed E-state index contributed by atoms with van der Waals surface area (Å²) in [6.07, 6.45) is 7.04. The van der Waals surface area contributed by atoms with Crippen LogP contribution in [0, 0.1) is 0 Å². The molecule has 1 aliphatic carbocycles. The van der Waals surface area contributed by atoms with E-state index in [4.69, 9.17) is 4.74 Å². The molecule has 1 heterocycles. The zero-order chi connectivity index (χ0) is 19.6. The number of nitrogens with zero attached hydrogens (tertiary/aromatic N) is 2. The largest absolute Gasteiger partial charge is 0.379 e. The predicted octanol–water partition coefficient (Wildman–Crippen LogP) is 1.13. The van der Waals surface area contributed by atoms with E-state index < -0.39 is 10.0 Å². The summed E-state index contributed by atoms with van der Waals surface area (Å²) in [7, 11) is -1.34. The Morgan fingerprint density at radius 1 is 1.11 bits per heavy atom. The standard InChI is InChI=1S/C18H37N5O3S.HI/c1-3-27(24,25)22-11-7-10-20-17(19-2)21-16-18(8-5-4-6-9-18)23-12-14-26-15-13-23;/h22H,3-16H2,1-2H3,(H2,19,20,21);1H. The Hall–Kier alpha value is -0.170. The lowest BCUT2D eigenvalue weighted by molar-refractivity contribution is -0.0352. The molecule has 2 fully saturated rings. The predicted molar refractivity (Wildman–Crippen MR) is 125 cm³/mol. The smallest absolute Gasteiger partial charge is 0.211 e. The number of hydrogen-bond donors (Lipinski definition) is 3. The van der Waals surface area contributed by atoms with Crippen molar-refractivity contribution in [3.8, 4) is 0 Å². The highest BCUT2D eigenvalue weighted by molar-refractivity contribution is 14.0. The number of morpholine rings is 1. The molecule has 3 N–H and O–H groups in total. The monoisotopic (exact) mass is 531 g/mol. The molecule has 8 nitrogen and oxygen atoms in total. The lowest BCUT2D eigenvalue weighted by Gasteiger charge is -2.48. The molecule has 2 rings (SSSR count). The molecular weight excluding hydrogens is 493 g/mol. The first-order chi connectivity index (χ1) is 13.0. The van der Waals surface area contributed by atoms with E-state index in [0.29, 0.717) is 19.5 Å². The topological polar surface area (TPSA) is 95.1 Å². The van der Waals surface area contributed by atoms with Gasteiger partial charge in [0.25, 0.3) is 0 Å². The number of guanidine groups is 1. The van der Waals surface area contributed by atoms with Crippen LogP contribution in [-0.2, 0) is 14.8 Å². The highest BCUT2D eigenvalue weighted by Crippen LogP contribution is 2.33. The normalized spacial score (nSPS) is 21.0. The van der Waals surface area contributed by atoms with E-state index in [1.807, 2.05) is 0 Å². The first kappa shape index (κ1) is 25.9. The Bertz CT molecular complexity index is 562. The van der Waals surface area contributed by atoms with Gasteiger partial charge in [0.15, 0.2) is 5.96 Å². The summed E-state index contributed by atoms with van der Waals surface area (Å²) in [4.78, 5) is 6.93. The summed E-state index contributed by atoms with van der Waals surface area (Å²) in [5.74, 6) is 0.902. The number of aliphatic imine (C=N–C) groups is 1. The van der Waals surface area contributed by atoms with E-state index in [9.17, 15) is 8.42 Å². The molecule has 166 valence electrons. The molecule has 0 amide bonds. The molecule has 0 spiro atoms. The molecule has 2 aliphatic rings.